The SMILES string of the molecule is COc1cc(-c2csc(=Nc3c(C)n(C)n(-c4ccccc4)c3=O)n2C(C)C)cc(OC)c1OC. The van der Waals surface area contributed by atoms with Crippen LogP contribution in [0, 0.1) is 6.92 Å². The van der Waals surface area contributed by atoms with Crippen molar-refractivity contribution in [1.29, 1.82) is 0 Å². The molecular weight excluding hydrogens is 464 g/mol. The van der Waals surface area contributed by atoms with Gasteiger partial charge in [-0.1, -0.05) is 18.2 Å². The highest BCUT2D eigenvalue weighted by Gasteiger charge is 2.20. The normalized spacial score (nSPS) is 11.8. The summed E-state index contributed by atoms with van der Waals surface area (Å²) in [5.41, 5.74) is 3.69. The predicted octanol–water partition coefficient (Wildman–Crippen LogP) is 4.85. The molecule has 0 bridgehead atoms. The van der Waals surface area contributed by atoms with Crippen LogP contribution in [0.2, 0.25) is 0 Å². The smallest absolute Gasteiger partial charge is 0.297 e. The van der Waals surface area contributed by atoms with Crippen LogP contribution in [0.4, 0.5) is 5.69 Å². The number of rotatable bonds is 7. The zero-order valence-corrected chi connectivity index (χ0v) is 21.8. The van der Waals surface area contributed by atoms with Crippen molar-refractivity contribution < 1.29 is 14.2 Å². The maximum absolute atomic E-state index is 13.4. The molecule has 2 aromatic heterocycles. The quantitative estimate of drug-likeness (QED) is 0.368. The van der Waals surface area contributed by atoms with Crippen molar-refractivity contribution in [3.8, 4) is 34.2 Å². The molecule has 0 aliphatic carbocycles. The molecule has 0 aliphatic rings. The van der Waals surface area contributed by atoms with Gasteiger partial charge in [-0.25, -0.2) is 9.67 Å². The predicted molar refractivity (Wildman–Crippen MR) is 139 cm³/mol. The third kappa shape index (κ3) is 4.27. The monoisotopic (exact) mass is 494 g/mol. The van der Waals surface area contributed by atoms with Crippen molar-refractivity contribution in [2.75, 3.05) is 21.3 Å². The van der Waals surface area contributed by atoms with Crippen LogP contribution in [0.15, 0.2) is 57.6 Å². The van der Waals surface area contributed by atoms with Crippen LogP contribution in [-0.2, 0) is 7.05 Å². The van der Waals surface area contributed by atoms with E-state index in [2.05, 4.69) is 18.4 Å². The standard InChI is InChI=1S/C26H30N4O4S/c1-16(2)29-20(18-13-21(32-5)24(34-7)22(14-18)33-6)15-35-26(29)27-23-17(3)28(4)30(25(23)31)19-11-9-8-10-12-19/h8-16H,1-7H3. The number of aromatic nitrogens is 3. The van der Waals surface area contributed by atoms with Gasteiger partial charge in [-0.05, 0) is 45.0 Å². The molecule has 9 heteroatoms. The largest absolute Gasteiger partial charge is 0.493 e. The van der Waals surface area contributed by atoms with Crippen LogP contribution < -0.4 is 24.6 Å². The molecule has 0 atom stereocenters. The Hall–Kier alpha value is -3.72. The number of para-hydroxylation sites is 1. The van der Waals surface area contributed by atoms with E-state index in [0.29, 0.717) is 22.9 Å². The molecule has 0 fully saturated rings. The maximum atomic E-state index is 13.4. The molecule has 0 amide bonds. The fourth-order valence-electron chi connectivity index (χ4n) is 4.12. The molecule has 184 valence electrons. The van der Waals surface area contributed by atoms with Crippen molar-refractivity contribution in [3.05, 3.63) is 68.7 Å². The second-order valence-electron chi connectivity index (χ2n) is 8.30. The number of ether oxygens (including phenoxy) is 3. The minimum absolute atomic E-state index is 0.0921. The van der Waals surface area contributed by atoms with Gasteiger partial charge in [-0.3, -0.25) is 9.48 Å². The molecule has 0 aliphatic heterocycles. The number of thiazole rings is 1. The van der Waals surface area contributed by atoms with Crippen LogP contribution in [0.1, 0.15) is 25.6 Å². The Morgan fingerprint density at radius 2 is 1.60 bits per heavy atom. The van der Waals surface area contributed by atoms with Crippen LogP contribution in [-0.4, -0.2) is 35.3 Å². The van der Waals surface area contributed by atoms with Crippen molar-refractivity contribution in [2.24, 2.45) is 12.0 Å². The summed E-state index contributed by atoms with van der Waals surface area (Å²) in [4.78, 5) is 19.0. The summed E-state index contributed by atoms with van der Waals surface area (Å²) in [6.07, 6.45) is 0. The highest BCUT2D eigenvalue weighted by atomic mass is 32.1. The van der Waals surface area contributed by atoms with E-state index in [1.807, 2.05) is 66.5 Å². The average molecular weight is 495 g/mol. The maximum Gasteiger partial charge on any atom is 0.297 e. The summed E-state index contributed by atoms with van der Waals surface area (Å²) in [6.45, 7) is 6.09. The summed E-state index contributed by atoms with van der Waals surface area (Å²) in [5, 5.41) is 2.04. The molecule has 2 heterocycles. The third-order valence-corrected chi connectivity index (χ3v) is 6.79. The van der Waals surface area contributed by atoms with Gasteiger partial charge < -0.3 is 18.8 Å². The molecule has 0 unspecified atom stereocenters. The van der Waals surface area contributed by atoms with Gasteiger partial charge >= 0.3 is 0 Å². The van der Waals surface area contributed by atoms with E-state index in [1.165, 1.54) is 11.3 Å². The van der Waals surface area contributed by atoms with E-state index in [1.54, 1.807) is 26.0 Å². The van der Waals surface area contributed by atoms with Gasteiger partial charge in [0.2, 0.25) is 5.75 Å². The lowest BCUT2D eigenvalue weighted by Gasteiger charge is -2.16. The van der Waals surface area contributed by atoms with E-state index in [9.17, 15) is 4.79 Å². The Bertz CT molecular complexity index is 1450. The minimum atomic E-state index is -0.158. The Kier molecular flexibility index (Phi) is 6.88. The van der Waals surface area contributed by atoms with Crippen molar-refractivity contribution in [2.45, 2.75) is 26.8 Å². The number of nitrogens with zero attached hydrogens (tertiary/aromatic N) is 4. The zero-order valence-electron chi connectivity index (χ0n) is 21.0. The summed E-state index contributed by atoms with van der Waals surface area (Å²) >= 11 is 1.49. The van der Waals surface area contributed by atoms with Gasteiger partial charge in [-0.2, -0.15) is 0 Å². The van der Waals surface area contributed by atoms with Crippen molar-refractivity contribution in [3.63, 3.8) is 0 Å². The Morgan fingerprint density at radius 1 is 0.971 bits per heavy atom. The second kappa shape index (κ2) is 9.87. The van der Waals surface area contributed by atoms with E-state index >= 15 is 0 Å². The van der Waals surface area contributed by atoms with Crippen LogP contribution in [0.25, 0.3) is 16.9 Å². The minimum Gasteiger partial charge on any atom is -0.493 e. The summed E-state index contributed by atoms with van der Waals surface area (Å²) in [6, 6.07) is 13.5. The lowest BCUT2D eigenvalue weighted by atomic mass is 10.1. The molecule has 0 saturated heterocycles. The number of methoxy groups -OCH3 is 3. The Labute approximate surface area is 208 Å². The molecule has 0 spiro atoms. The molecular formula is C26H30N4O4S. The Morgan fingerprint density at radius 3 is 2.14 bits per heavy atom. The number of benzene rings is 2. The van der Waals surface area contributed by atoms with Gasteiger partial charge in [-0.15, -0.1) is 11.3 Å². The molecule has 8 nitrogen and oxygen atoms in total. The third-order valence-electron chi connectivity index (χ3n) is 5.95. The molecule has 2 aromatic carbocycles. The first-order valence-corrected chi connectivity index (χ1v) is 12.1. The van der Waals surface area contributed by atoms with E-state index < -0.39 is 0 Å². The lowest BCUT2D eigenvalue weighted by Crippen LogP contribution is -2.21. The van der Waals surface area contributed by atoms with Gasteiger partial charge in [0, 0.05) is 24.0 Å². The molecule has 4 rings (SSSR count). The second-order valence-corrected chi connectivity index (χ2v) is 9.14. The first-order valence-electron chi connectivity index (χ1n) is 11.2. The average Bonchev–Trinajstić information content (AvgIpc) is 3.38. The first kappa shape index (κ1) is 24.4. The molecule has 0 saturated carbocycles. The molecule has 35 heavy (non-hydrogen) atoms. The van der Waals surface area contributed by atoms with Crippen molar-refractivity contribution >= 4 is 17.0 Å². The lowest BCUT2D eigenvalue weighted by molar-refractivity contribution is 0.324. The Balaban J connectivity index is 1.93. The summed E-state index contributed by atoms with van der Waals surface area (Å²) in [7, 11) is 6.65. The van der Waals surface area contributed by atoms with Gasteiger partial charge in [0.25, 0.3) is 5.56 Å². The van der Waals surface area contributed by atoms with E-state index in [4.69, 9.17) is 19.2 Å². The summed E-state index contributed by atoms with van der Waals surface area (Å²) in [5.74, 6) is 1.69. The highest BCUT2D eigenvalue weighted by molar-refractivity contribution is 7.07. The van der Waals surface area contributed by atoms with Gasteiger partial charge in [0.1, 0.15) is 0 Å². The van der Waals surface area contributed by atoms with Crippen molar-refractivity contribution in [1.82, 2.24) is 13.9 Å². The van der Waals surface area contributed by atoms with Crippen LogP contribution in [0.5, 0.6) is 17.2 Å². The first-order chi connectivity index (χ1) is 16.8. The fraction of sp³-hybridized carbons (Fsp3) is 0.308. The van der Waals surface area contributed by atoms with Crippen LogP contribution >= 0.6 is 11.3 Å². The zero-order chi connectivity index (χ0) is 25.3. The van der Waals surface area contributed by atoms with Gasteiger partial charge in [0.15, 0.2) is 22.0 Å². The molecule has 0 N–H and O–H groups in total. The van der Waals surface area contributed by atoms with E-state index in [-0.39, 0.29) is 11.6 Å². The van der Waals surface area contributed by atoms with Crippen LogP contribution in [0.3, 0.4) is 0 Å². The van der Waals surface area contributed by atoms with E-state index in [0.717, 1.165) is 27.4 Å². The van der Waals surface area contributed by atoms with Gasteiger partial charge in [0.05, 0.1) is 38.4 Å². The molecule has 4 aromatic rings. The number of hydrogen-bond donors (Lipinski definition) is 0. The summed E-state index contributed by atoms with van der Waals surface area (Å²) < 4.78 is 22.2. The number of hydrogen-bond acceptors (Lipinski definition) is 6. The fourth-order valence-corrected chi connectivity index (χ4v) is 5.15. The molecule has 0 radical (unpaired) electrons. The highest BCUT2D eigenvalue weighted by Crippen LogP contribution is 2.41. The topological polar surface area (TPSA) is 71.9 Å².